The van der Waals surface area contributed by atoms with Crippen LogP contribution in [0.25, 0.3) is 27.9 Å². The molecule has 0 amide bonds. The molecule has 10 nitrogen and oxygen atoms in total. The molecule has 2 N–H and O–H groups in total. The third-order valence-electron chi connectivity index (χ3n) is 5.82. The van der Waals surface area contributed by atoms with Gasteiger partial charge in [0.2, 0.25) is 0 Å². The number of fused-ring (bicyclic) bond motifs is 1. The van der Waals surface area contributed by atoms with Gasteiger partial charge in [-0.3, -0.25) is 20.0 Å². The van der Waals surface area contributed by atoms with Gasteiger partial charge in [0, 0.05) is 47.2 Å². The molecule has 1 atom stereocenters. The van der Waals surface area contributed by atoms with E-state index < -0.39 is 18.1 Å². The Hall–Kier alpha value is -4.24. The number of nitro groups is 1. The average Bonchev–Trinajstić information content (AvgIpc) is 3.23. The predicted molar refractivity (Wildman–Crippen MR) is 144 cm³/mol. The van der Waals surface area contributed by atoms with Crippen molar-refractivity contribution in [1.29, 1.82) is 0 Å². The number of rotatable bonds is 7. The van der Waals surface area contributed by atoms with Gasteiger partial charge < -0.3 is 9.42 Å². The largest absolute Gasteiger partial charge is 0.424 e. The molecule has 0 bridgehead atoms. The van der Waals surface area contributed by atoms with Crippen LogP contribution in [0, 0.1) is 10.1 Å². The maximum Gasteiger partial charge on any atom is 0.373 e. The summed E-state index contributed by atoms with van der Waals surface area (Å²) >= 11 is 6.10. The Labute approximate surface area is 220 Å². The van der Waals surface area contributed by atoms with E-state index in [0.29, 0.717) is 22.7 Å². The highest BCUT2D eigenvalue weighted by molar-refractivity contribution is 7.52. The van der Waals surface area contributed by atoms with Crippen LogP contribution in [0.4, 0.5) is 5.69 Å². The van der Waals surface area contributed by atoms with Gasteiger partial charge in [0.25, 0.3) is 11.2 Å². The number of hydrogen-bond donors (Lipinski definition) is 2. The quantitative estimate of drug-likeness (QED) is 0.150. The third-order valence-corrected chi connectivity index (χ3v) is 6.61. The van der Waals surface area contributed by atoms with Crippen LogP contribution >= 0.6 is 19.2 Å². The van der Waals surface area contributed by atoms with Gasteiger partial charge in [-0.1, -0.05) is 54.1 Å². The predicted octanol–water partition coefficient (Wildman–Crippen LogP) is 5.70. The summed E-state index contributed by atoms with van der Waals surface area (Å²) in [5.74, 6) is -0.277. The lowest BCUT2D eigenvalue weighted by Gasteiger charge is -2.13. The summed E-state index contributed by atoms with van der Waals surface area (Å²) in [6.45, 7) is 0.948. The Morgan fingerprint density at radius 1 is 1.11 bits per heavy atom. The van der Waals surface area contributed by atoms with E-state index in [4.69, 9.17) is 16.1 Å². The minimum atomic E-state index is -4.11. The number of nitrogens with zero attached hydrogens (tertiary/aromatic N) is 3. The van der Waals surface area contributed by atoms with Gasteiger partial charge in [-0.2, -0.15) is 0 Å². The van der Waals surface area contributed by atoms with Gasteiger partial charge in [0.05, 0.1) is 16.6 Å². The zero-order chi connectivity index (χ0) is 27.0. The van der Waals surface area contributed by atoms with Crippen molar-refractivity contribution < 1.29 is 18.9 Å². The zero-order valence-corrected chi connectivity index (χ0v) is 21.5. The molecule has 0 spiro atoms. The second-order valence-corrected chi connectivity index (χ2v) is 10.8. The SMILES string of the molecule is CP(=O)(O)Oc1cc([N+](=O)[O-])ccc1-c1cnc2c(-c3ccc(Cl)cc3)c(Cc3ccccc3)[nH]n2c1=O. The van der Waals surface area contributed by atoms with E-state index in [1.54, 1.807) is 12.1 Å². The van der Waals surface area contributed by atoms with Gasteiger partial charge in [-0.05, 0) is 29.3 Å². The third kappa shape index (κ3) is 5.10. The summed E-state index contributed by atoms with van der Waals surface area (Å²) in [4.78, 5) is 38.7. The van der Waals surface area contributed by atoms with Crippen LogP contribution in [0.2, 0.25) is 5.02 Å². The Bertz CT molecular complexity index is 1780. The van der Waals surface area contributed by atoms with Crippen LogP contribution in [-0.4, -0.2) is 31.1 Å². The lowest BCUT2D eigenvalue weighted by molar-refractivity contribution is -0.384. The maximum absolute atomic E-state index is 13.7. The Balaban J connectivity index is 1.73. The fourth-order valence-corrected chi connectivity index (χ4v) is 4.84. The molecule has 5 rings (SSSR count). The molecule has 2 heterocycles. The minimum Gasteiger partial charge on any atom is -0.424 e. The first-order chi connectivity index (χ1) is 18.1. The van der Waals surface area contributed by atoms with Crippen molar-refractivity contribution in [2.45, 2.75) is 6.42 Å². The van der Waals surface area contributed by atoms with Crippen molar-refractivity contribution in [1.82, 2.24) is 14.6 Å². The Morgan fingerprint density at radius 3 is 2.47 bits per heavy atom. The summed E-state index contributed by atoms with van der Waals surface area (Å²) in [5.41, 5.74) is 2.84. The number of nitro benzene ring substituents is 1. The highest BCUT2D eigenvalue weighted by Gasteiger charge is 2.24. The highest BCUT2D eigenvalue weighted by Crippen LogP contribution is 2.43. The number of aromatic nitrogens is 3. The first-order valence-corrected chi connectivity index (χ1v) is 13.7. The highest BCUT2D eigenvalue weighted by atomic mass is 35.5. The molecular weight excluding hydrogens is 531 g/mol. The molecule has 0 saturated heterocycles. The van der Waals surface area contributed by atoms with Crippen molar-refractivity contribution in [3.05, 3.63) is 116 Å². The molecule has 5 aromatic rings. The van der Waals surface area contributed by atoms with Crippen LogP contribution in [0.3, 0.4) is 0 Å². The van der Waals surface area contributed by atoms with Crippen molar-refractivity contribution in [2.24, 2.45) is 0 Å². The van der Waals surface area contributed by atoms with Gasteiger partial charge in [-0.15, -0.1) is 0 Å². The van der Waals surface area contributed by atoms with Crippen LogP contribution in [-0.2, 0) is 11.0 Å². The van der Waals surface area contributed by atoms with E-state index in [2.05, 4.69) is 10.1 Å². The fraction of sp³-hybridized carbons (Fsp3) is 0.0769. The van der Waals surface area contributed by atoms with E-state index in [-0.39, 0.29) is 22.6 Å². The van der Waals surface area contributed by atoms with Crippen molar-refractivity contribution in [3.63, 3.8) is 0 Å². The number of nitrogens with one attached hydrogen (secondary N) is 1. The van der Waals surface area contributed by atoms with Crippen LogP contribution < -0.4 is 10.1 Å². The molecule has 0 saturated carbocycles. The number of hydrogen-bond acceptors (Lipinski definition) is 6. The maximum atomic E-state index is 13.7. The molecule has 12 heteroatoms. The summed E-state index contributed by atoms with van der Waals surface area (Å²) in [7, 11) is -4.11. The standard InChI is InChI=1S/C26H20ClN4O6P/c1-38(35,36)37-23-14-19(31(33)34)11-12-20(23)21-15-28-25-24(17-7-9-18(27)10-8-17)22(29-30(25)26(21)32)13-16-5-3-2-4-6-16/h2-12,14-15,29H,13H2,1H3,(H,35,36). The summed E-state index contributed by atoms with van der Waals surface area (Å²) in [6, 6.07) is 20.3. The number of benzene rings is 3. The van der Waals surface area contributed by atoms with E-state index in [1.807, 2.05) is 42.5 Å². The van der Waals surface area contributed by atoms with Crippen molar-refractivity contribution in [3.8, 4) is 28.0 Å². The summed E-state index contributed by atoms with van der Waals surface area (Å²) in [6.07, 6.45) is 1.80. The fourth-order valence-electron chi connectivity index (χ4n) is 4.20. The lowest BCUT2D eigenvalue weighted by atomic mass is 10.0. The van der Waals surface area contributed by atoms with Crippen molar-refractivity contribution >= 4 is 30.5 Å². The summed E-state index contributed by atoms with van der Waals surface area (Å²) < 4.78 is 18.4. The summed E-state index contributed by atoms with van der Waals surface area (Å²) in [5, 5.41) is 15.0. The van der Waals surface area contributed by atoms with Crippen LogP contribution in [0.1, 0.15) is 11.3 Å². The zero-order valence-electron chi connectivity index (χ0n) is 19.9. The smallest absolute Gasteiger partial charge is 0.373 e. The first kappa shape index (κ1) is 25.4. The molecular formula is C26H20ClN4O6P. The second-order valence-electron chi connectivity index (χ2n) is 8.60. The molecule has 0 fully saturated rings. The van der Waals surface area contributed by atoms with Gasteiger partial charge in [-0.25, -0.2) is 14.1 Å². The second kappa shape index (κ2) is 9.90. The van der Waals surface area contributed by atoms with Gasteiger partial charge >= 0.3 is 7.60 Å². The topological polar surface area (TPSA) is 140 Å². The molecule has 0 radical (unpaired) electrons. The van der Waals surface area contributed by atoms with Crippen LogP contribution in [0.5, 0.6) is 5.75 Å². The van der Waals surface area contributed by atoms with E-state index in [9.17, 15) is 24.4 Å². The number of halogens is 1. The number of non-ortho nitro benzene ring substituents is 1. The molecule has 1 unspecified atom stereocenters. The minimum absolute atomic E-state index is 0.0241. The molecule has 0 aliphatic rings. The van der Waals surface area contributed by atoms with Crippen LogP contribution in [0.15, 0.2) is 83.8 Å². The van der Waals surface area contributed by atoms with Crippen molar-refractivity contribution in [2.75, 3.05) is 6.66 Å². The van der Waals surface area contributed by atoms with Gasteiger partial charge in [0.15, 0.2) is 5.65 Å². The van der Waals surface area contributed by atoms with Gasteiger partial charge in [0.1, 0.15) is 5.75 Å². The molecule has 3 aromatic carbocycles. The normalized spacial score (nSPS) is 12.8. The van der Waals surface area contributed by atoms with E-state index >= 15 is 0 Å². The number of aromatic amines is 1. The monoisotopic (exact) mass is 550 g/mol. The molecule has 0 aliphatic carbocycles. The van der Waals surface area contributed by atoms with E-state index in [1.165, 1.54) is 22.8 Å². The average molecular weight is 551 g/mol. The van der Waals surface area contributed by atoms with E-state index in [0.717, 1.165) is 29.6 Å². The Morgan fingerprint density at radius 2 is 1.82 bits per heavy atom. The molecule has 192 valence electrons. The molecule has 38 heavy (non-hydrogen) atoms. The first-order valence-electron chi connectivity index (χ1n) is 11.3. The Kier molecular flexibility index (Phi) is 6.62. The number of H-pyrrole nitrogens is 1. The molecule has 0 aliphatic heterocycles. The lowest BCUT2D eigenvalue weighted by Crippen LogP contribution is -2.17. The molecule has 2 aromatic heterocycles.